The van der Waals surface area contributed by atoms with Gasteiger partial charge in [0.1, 0.15) is 17.9 Å². The van der Waals surface area contributed by atoms with Gasteiger partial charge in [0, 0.05) is 0 Å². The molecule has 0 radical (unpaired) electrons. The molecule has 0 bridgehead atoms. The summed E-state index contributed by atoms with van der Waals surface area (Å²) in [4.78, 5) is 11.0. The molecule has 21 heavy (non-hydrogen) atoms. The van der Waals surface area contributed by atoms with Crippen LogP contribution in [0.5, 0.6) is 5.75 Å². The Hall–Kier alpha value is -1.55. The summed E-state index contributed by atoms with van der Waals surface area (Å²) in [6, 6.07) is 6.65. The maximum atomic E-state index is 11.0. The largest absolute Gasteiger partial charge is 0.490 e. The van der Waals surface area contributed by atoms with E-state index in [4.69, 9.17) is 14.6 Å². The first-order valence-electron chi connectivity index (χ1n) is 7.71. The highest BCUT2D eigenvalue weighted by Crippen LogP contribution is 2.17. The van der Waals surface area contributed by atoms with Crippen molar-refractivity contribution in [2.45, 2.75) is 52.1 Å². The zero-order valence-corrected chi connectivity index (χ0v) is 13.0. The number of para-hydroxylation sites is 1. The summed E-state index contributed by atoms with van der Waals surface area (Å²) in [6.45, 7) is 5.11. The Balaban J connectivity index is 2.21. The van der Waals surface area contributed by atoms with Crippen molar-refractivity contribution in [1.29, 1.82) is 0 Å². The maximum absolute atomic E-state index is 11.0. The topological polar surface area (TPSA) is 55.8 Å². The van der Waals surface area contributed by atoms with Gasteiger partial charge in [-0.1, -0.05) is 44.7 Å². The summed E-state index contributed by atoms with van der Waals surface area (Å²) in [7, 11) is 0. The molecular weight excluding hydrogens is 268 g/mol. The van der Waals surface area contributed by atoms with E-state index in [1.165, 1.54) is 31.7 Å². The quantitative estimate of drug-likeness (QED) is 0.623. The van der Waals surface area contributed by atoms with Crippen molar-refractivity contribution in [2.75, 3.05) is 13.2 Å². The SMILES string of the molecule is CCCCCCC(C)OCCOc1ccccc1C(=O)O. The first kappa shape index (κ1) is 17.5. The molecule has 0 aromatic heterocycles. The number of carbonyl (C=O) groups is 1. The third kappa shape index (κ3) is 7.14. The van der Waals surface area contributed by atoms with Crippen molar-refractivity contribution in [2.24, 2.45) is 0 Å². The van der Waals surface area contributed by atoms with E-state index in [9.17, 15) is 4.79 Å². The Kier molecular flexibility index (Phi) is 8.51. The third-order valence-corrected chi connectivity index (χ3v) is 3.32. The molecule has 0 aliphatic rings. The predicted molar refractivity (Wildman–Crippen MR) is 83.1 cm³/mol. The minimum absolute atomic E-state index is 0.185. The molecule has 0 aliphatic carbocycles. The van der Waals surface area contributed by atoms with Crippen LogP contribution in [0, 0.1) is 0 Å². The molecule has 118 valence electrons. The van der Waals surface area contributed by atoms with Crippen molar-refractivity contribution in [1.82, 2.24) is 0 Å². The number of rotatable bonds is 11. The van der Waals surface area contributed by atoms with Crippen LogP contribution in [0.2, 0.25) is 0 Å². The van der Waals surface area contributed by atoms with Crippen LogP contribution >= 0.6 is 0 Å². The summed E-state index contributed by atoms with van der Waals surface area (Å²) >= 11 is 0. The fourth-order valence-corrected chi connectivity index (χ4v) is 2.11. The fraction of sp³-hybridized carbons (Fsp3) is 0.588. The second-order valence-electron chi connectivity index (χ2n) is 5.18. The average Bonchev–Trinajstić information content (AvgIpc) is 2.48. The Morgan fingerprint density at radius 1 is 1.19 bits per heavy atom. The zero-order chi connectivity index (χ0) is 15.5. The Morgan fingerprint density at radius 3 is 2.67 bits per heavy atom. The van der Waals surface area contributed by atoms with Gasteiger partial charge in [-0.2, -0.15) is 0 Å². The van der Waals surface area contributed by atoms with Crippen molar-refractivity contribution in [3.05, 3.63) is 29.8 Å². The minimum Gasteiger partial charge on any atom is -0.490 e. The molecule has 0 aliphatic heterocycles. The maximum Gasteiger partial charge on any atom is 0.339 e. The summed E-state index contributed by atoms with van der Waals surface area (Å²) < 4.78 is 11.2. The van der Waals surface area contributed by atoms with Gasteiger partial charge in [0.15, 0.2) is 0 Å². The first-order chi connectivity index (χ1) is 10.1. The molecule has 1 aromatic carbocycles. The van der Waals surface area contributed by atoms with E-state index in [0.29, 0.717) is 19.0 Å². The molecule has 0 fully saturated rings. The second-order valence-corrected chi connectivity index (χ2v) is 5.18. The summed E-state index contributed by atoms with van der Waals surface area (Å²) in [6.07, 6.45) is 6.25. The minimum atomic E-state index is -0.976. The second kappa shape index (κ2) is 10.2. The molecule has 0 heterocycles. The summed E-state index contributed by atoms with van der Waals surface area (Å²) in [5.74, 6) is -0.583. The number of benzene rings is 1. The van der Waals surface area contributed by atoms with E-state index in [0.717, 1.165) is 6.42 Å². The highest BCUT2D eigenvalue weighted by atomic mass is 16.5. The monoisotopic (exact) mass is 294 g/mol. The van der Waals surface area contributed by atoms with Crippen molar-refractivity contribution in [3.63, 3.8) is 0 Å². The number of aromatic carboxylic acids is 1. The van der Waals surface area contributed by atoms with Gasteiger partial charge in [0.2, 0.25) is 0 Å². The molecule has 4 nitrogen and oxygen atoms in total. The number of ether oxygens (including phenoxy) is 2. The van der Waals surface area contributed by atoms with Gasteiger partial charge < -0.3 is 14.6 Å². The van der Waals surface area contributed by atoms with E-state index in [1.54, 1.807) is 18.2 Å². The van der Waals surface area contributed by atoms with Crippen LogP contribution in [0.3, 0.4) is 0 Å². The molecular formula is C17H26O4. The van der Waals surface area contributed by atoms with Crippen LogP contribution in [0.1, 0.15) is 56.3 Å². The molecule has 1 unspecified atom stereocenters. The zero-order valence-electron chi connectivity index (χ0n) is 13.0. The number of hydrogen-bond acceptors (Lipinski definition) is 3. The van der Waals surface area contributed by atoms with Gasteiger partial charge in [-0.15, -0.1) is 0 Å². The van der Waals surface area contributed by atoms with E-state index in [-0.39, 0.29) is 11.7 Å². The van der Waals surface area contributed by atoms with Gasteiger partial charge in [-0.05, 0) is 25.5 Å². The van der Waals surface area contributed by atoms with E-state index in [2.05, 4.69) is 13.8 Å². The summed E-state index contributed by atoms with van der Waals surface area (Å²) in [5, 5.41) is 9.04. The molecule has 1 N–H and O–H groups in total. The van der Waals surface area contributed by atoms with Crippen LogP contribution in [-0.4, -0.2) is 30.4 Å². The highest BCUT2D eigenvalue weighted by Gasteiger charge is 2.10. The van der Waals surface area contributed by atoms with Gasteiger partial charge >= 0.3 is 5.97 Å². The van der Waals surface area contributed by atoms with Crippen LogP contribution in [0.15, 0.2) is 24.3 Å². The lowest BCUT2D eigenvalue weighted by Crippen LogP contribution is -2.15. The van der Waals surface area contributed by atoms with E-state index in [1.807, 2.05) is 0 Å². The van der Waals surface area contributed by atoms with Gasteiger partial charge in [-0.3, -0.25) is 0 Å². The molecule has 1 rings (SSSR count). The van der Waals surface area contributed by atoms with Crippen molar-refractivity contribution < 1.29 is 19.4 Å². The molecule has 0 saturated carbocycles. The van der Waals surface area contributed by atoms with Gasteiger partial charge in [0.25, 0.3) is 0 Å². The molecule has 1 aromatic rings. The van der Waals surface area contributed by atoms with Crippen LogP contribution in [0.25, 0.3) is 0 Å². The highest BCUT2D eigenvalue weighted by molar-refractivity contribution is 5.90. The molecule has 1 atom stereocenters. The van der Waals surface area contributed by atoms with E-state index >= 15 is 0 Å². The Morgan fingerprint density at radius 2 is 1.95 bits per heavy atom. The number of hydrogen-bond donors (Lipinski definition) is 1. The number of carboxylic acids is 1. The number of carboxylic acid groups (broad SMARTS) is 1. The van der Waals surface area contributed by atoms with Crippen LogP contribution < -0.4 is 4.74 Å². The third-order valence-electron chi connectivity index (χ3n) is 3.32. The standard InChI is InChI=1S/C17H26O4/c1-3-4-5-6-9-14(2)20-12-13-21-16-11-8-7-10-15(16)17(18)19/h7-8,10-11,14H,3-6,9,12-13H2,1-2H3,(H,18,19). The molecule has 0 saturated heterocycles. The molecule has 4 heteroatoms. The molecule has 0 amide bonds. The lowest BCUT2D eigenvalue weighted by molar-refractivity contribution is 0.0378. The van der Waals surface area contributed by atoms with Crippen LogP contribution in [0.4, 0.5) is 0 Å². The number of unbranched alkanes of at least 4 members (excludes halogenated alkanes) is 3. The Labute approximate surface area is 127 Å². The lowest BCUT2D eigenvalue weighted by atomic mass is 10.1. The van der Waals surface area contributed by atoms with Gasteiger partial charge in [-0.25, -0.2) is 4.79 Å². The smallest absolute Gasteiger partial charge is 0.339 e. The summed E-state index contributed by atoms with van der Waals surface area (Å²) in [5.41, 5.74) is 0.185. The van der Waals surface area contributed by atoms with Crippen LogP contribution in [-0.2, 0) is 4.74 Å². The normalized spacial score (nSPS) is 12.1. The predicted octanol–water partition coefficient (Wildman–Crippen LogP) is 4.14. The lowest BCUT2D eigenvalue weighted by Gasteiger charge is -2.14. The van der Waals surface area contributed by atoms with Crippen molar-refractivity contribution in [3.8, 4) is 5.75 Å². The van der Waals surface area contributed by atoms with Crippen molar-refractivity contribution >= 4 is 5.97 Å². The average molecular weight is 294 g/mol. The fourth-order valence-electron chi connectivity index (χ4n) is 2.11. The molecule has 0 spiro atoms. The Bertz CT molecular complexity index is 417. The van der Waals surface area contributed by atoms with Gasteiger partial charge in [0.05, 0.1) is 12.7 Å². The van der Waals surface area contributed by atoms with E-state index < -0.39 is 5.97 Å². The first-order valence-corrected chi connectivity index (χ1v) is 7.71.